The number of anilines is 2. The summed E-state index contributed by atoms with van der Waals surface area (Å²) < 4.78 is 27.5. The van der Waals surface area contributed by atoms with Crippen molar-refractivity contribution < 1.29 is 18.4 Å². The Morgan fingerprint density at radius 3 is 1.95 bits per heavy atom. The van der Waals surface area contributed by atoms with E-state index in [0.29, 0.717) is 5.69 Å². The van der Waals surface area contributed by atoms with Crippen molar-refractivity contribution in [2.75, 3.05) is 10.6 Å². The third kappa shape index (κ3) is 3.85. The molecular formula is C14H9BrF2N2O2. The van der Waals surface area contributed by atoms with Crippen molar-refractivity contribution in [3.05, 3.63) is 58.6 Å². The van der Waals surface area contributed by atoms with E-state index in [1.54, 1.807) is 24.3 Å². The average molecular weight is 355 g/mol. The molecule has 0 saturated heterocycles. The van der Waals surface area contributed by atoms with Crippen LogP contribution in [0.2, 0.25) is 0 Å². The minimum absolute atomic E-state index is 0.382. The van der Waals surface area contributed by atoms with Crippen molar-refractivity contribution in [3.8, 4) is 0 Å². The highest BCUT2D eigenvalue weighted by Crippen LogP contribution is 2.18. The van der Waals surface area contributed by atoms with E-state index in [9.17, 15) is 18.4 Å². The van der Waals surface area contributed by atoms with Gasteiger partial charge in [0.25, 0.3) is 0 Å². The predicted octanol–water partition coefficient (Wildman–Crippen LogP) is 3.30. The number of nitrogens with one attached hydrogen (secondary N) is 2. The Hall–Kier alpha value is -2.28. The molecule has 0 fully saturated rings. The van der Waals surface area contributed by atoms with Crippen molar-refractivity contribution in [2.45, 2.75) is 0 Å². The third-order valence-corrected chi connectivity index (χ3v) is 3.04. The molecule has 2 aromatic carbocycles. The van der Waals surface area contributed by atoms with Crippen LogP contribution in [0.3, 0.4) is 0 Å². The van der Waals surface area contributed by atoms with Gasteiger partial charge < -0.3 is 10.6 Å². The molecule has 2 aromatic rings. The van der Waals surface area contributed by atoms with E-state index in [1.165, 1.54) is 0 Å². The van der Waals surface area contributed by atoms with Gasteiger partial charge in [-0.25, -0.2) is 8.78 Å². The minimum Gasteiger partial charge on any atom is -0.318 e. The van der Waals surface area contributed by atoms with Crippen molar-refractivity contribution in [3.63, 3.8) is 0 Å². The lowest BCUT2D eigenvalue weighted by molar-refractivity contribution is -0.133. The molecule has 0 radical (unpaired) electrons. The molecule has 7 heteroatoms. The minimum atomic E-state index is -1.16. The zero-order valence-electron chi connectivity index (χ0n) is 10.5. The standard InChI is InChI=1S/C14H9BrF2N2O2/c15-8-4-6-9(7-5-8)18-13(20)14(21)19-12-10(16)2-1-3-11(12)17/h1-7H,(H,18,20)(H,19,21). The summed E-state index contributed by atoms with van der Waals surface area (Å²) in [6.45, 7) is 0. The Labute approximate surface area is 127 Å². The predicted molar refractivity (Wildman–Crippen MR) is 77.8 cm³/mol. The molecule has 21 heavy (non-hydrogen) atoms. The first-order valence-corrected chi connectivity index (χ1v) is 6.58. The number of amides is 2. The molecule has 2 amide bonds. The number of halogens is 3. The Morgan fingerprint density at radius 2 is 1.38 bits per heavy atom. The number of para-hydroxylation sites is 1. The van der Waals surface area contributed by atoms with Crippen LogP contribution in [-0.4, -0.2) is 11.8 Å². The first-order chi connectivity index (χ1) is 9.97. The molecule has 0 heterocycles. The van der Waals surface area contributed by atoms with Crippen LogP contribution in [0.1, 0.15) is 0 Å². The molecule has 108 valence electrons. The monoisotopic (exact) mass is 354 g/mol. The number of benzene rings is 2. The summed E-state index contributed by atoms with van der Waals surface area (Å²) in [4.78, 5) is 23.3. The second-order valence-corrected chi connectivity index (χ2v) is 4.93. The number of carbonyl (C=O) groups is 2. The fourth-order valence-corrected chi connectivity index (χ4v) is 1.77. The molecule has 0 aliphatic carbocycles. The van der Waals surface area contributed by atoms with Gasteiger partial charge in [0, 0.05) is 10.2 Å². The van der Waals surface area contributed by atoms with Crippen LogP contribution < -0.4 is 10.6 Å². The number of rotatable bonds is 2. The highest BCUT2D eigenvalue weighted by atomic mass is 79.9. The molecule has 0 aromatic heterocycles. The average Bonchev–Trinajstić information content (AvgIpc) is 2.45. The van der Waals surface area contributed by atoms with Gasteiger partial charge in [-0.1, -0.05) is 22.0 Å². The maximum atomic E-state index is 13.4. The van der Waals surface area contributed by atoms with Crippen LogP contribution in [0.5, 0.6) is 0 Å². The maximum Gasteiger partial charge on any atom is 0.314 e. The third-order valence-electron chi connectivity index (χ3n) is 2.51. The second kappa shape index (κ2) is 6.45. The number of hydrogen-bond acceptors (Lipinski definition) is 2. The highest BCUT2D eigenvalue weighted by Gasteiger charge is 2.18. The SMILES string of the molecule is O=C(Nc1ccc(Br)cc1)C(=O)Nc1c(F)cccc1F. The summed E-state index contributed by atoms with van der Waals surface area (Å²) in [6.07, 6.45) is 0. The summed E-state index contributed by atoms with van der Waals surface area (Å²) in [5, 5.41) is 4.21. The number of carbonyl (C=O) groups excluding carboxylic acids is 2. The summed E-state index contributed by atoms with van der Waals surface area (Å²) >= 11 is 3.23. The molecule has 4 nitrogen and oxygen atoms in total. The Balaban J connectivity index is 2.06. The zero-order chi connectivity index (χ0) is 15.4. The van der Waals surface area contributed by atoms with E-state index in [1.807, 2.05) is 5.32 Å². The van der Waals surface area contributed by atoms with E-state index >= 15 is 0 Å². The molecule has 2 N–H and O–H groups in total. The molecule has 0 bridgehead atoms. The van der Waals surface area contributed by atoms with Gasteiger partial charge in [0.2, 0.25) is 0 Å². The van der Waals surface area contributed by atoms with Gasteiger partial charge in [-0.3, -0.25) is 9.59 Å². The second-order valence-electron chi connectivity index (χ2n) is 4.01. The van der Waals surface area contributed by atoms with Gasteiger partial charge in [0.1, 0.15) is 17.3 Å². The summed E-state index contributed by atoms with van der Waals surface area (Å²) in [7, 11) is 0. The highest BCUT2D eigenvalue weighted by molar-refractivity contribution is 9.10. The first-order valence-electron chi connectivity index (χ1n) is 5.79. The molecule has 0 aliphatic rings. The molecule has 0 saturated carbocycles. The molecule has 0 spiro atoms. The lowest BCUT2D eigenvalue weighted by Gasteiger charge is -2.08. The molecule has 0 unspecified atom stereocenters. The molecular weight excluding hydrogens is 346 g/mol. The topological polar surface area (TPSA) is 58.2 Å². The van der Waals surface area contributed by atoms with Crippen LogP contribution in [0.4, 0.5) is 20.2 Å². The van der Waals surface area contributed by atoms with Crippen LogP contribution in [0, 0.1) is 11.6 Å². The summed E-state index contributed by atoms with van der Waals surface area (Å²) in [5.74, 6) is -4.11. The number of hydrogen-bond donors (Lipinski definition) is 2. The lowest BCUT2D eigenvalue weighted by Crippen LogP contribution is -2.29. The van der Waals surface area contributed by atoms with E-state index in [-0.39, 0.29) is 0 Å². The Morgan fingerprint density at radius 1 is 0.857 bits per heavy atom. The van der Waals surface area contributed by atoms with Crippen molar-refractivity contribution >= 4 is 39.1 Å². The quantitative estimate of drug-likeness (QED) is 0.813. The molecule has 0 atom stereocenters. The van der Waals surface area contributed by atoms with Gasteiger partial charge >= 0.3 is 11.8 Å². The van der Waals surface area contributed by atoms with Crippen LogP contribution in [0.25, 0.3) is 0 Å². The molecule has 2 rings (SSSR count). The van der Waals surface area contributed by atoms with E-state index in [4.69, 9.17) is 0 Å². The Bertz CT molecular complexity index is 670. The summed E-state index contributed by atoms with van der Waals surface area (Å²) in [6, 6.07) is 9.59. The summed E-state index contributed by atoms with van der Waals surface area (Å²) in [5.41, 5.74) is -0.277. The van der Waals surface area contributed by atoms with Gasteiger partial charge in [-0.05, 0) is 36.4 Å². The smallest absolute Gasteiger partial charge is 0.314 e. The maximum absolute atomic E-state index is 13.4. The lowest BCUT2D eigenvalue weighted by atomic mass is 10.3. The van der Waals surface area contributed by atoms with Gasteiger partial charge in [0.15, 0.2) is 0 Å². The fraction of sp³-hybridized carbons (Fsp3) is 0. The van der Waals surface area contributed by atoms with E-state index in [0.717, 1.165) is 22.7 Å². The van der Waals surface area contributed by atoms with E-state index in [2.05, 4.69) is 21.2 Å². The first kappa shape index (κ1) is 15.1. The van der Waals surface area contributed by atoms with Gasteiger partial charge in [-0.2, -0.15) is 0 Å². The van der Waals surface area contributed by atoms with Crippen LogP contribution >= 0.6 is 15.9 Å². The van der Waals surface area contributed by atoms with Crippen molar-refractivity contribution in [2.24, 2.45) is 0 Å². The van der Waals surface area contributed by atoms with Gasteiger partial charge in [-0.15, -0.1) is 0 Å². The van der Waals surface area contributed by atoms with Crippen LogP contribution in [0.15, 0.2) is 46.9 Å². The van der Waals surface area contributed by atoms with E-state index < -0.39 is 29.1 Å². The Kier molecular flexibility index (Phi) is 4.64. The molecule has 0 aliphatic heterocycles. The van der Waals surface area contributed by atoms with Crippen molar-refractivity contribution in [1.82, 2.24) is 0 Å². The van der Waals surface area contributed by atoms with Crippen LogP contribution in [-0.2, 0) is 9.59 Å². The largest absolute Gasteiger partial charge is 0.318 e. The zero-order valence-corrected chi connectivity index (χ0v) is 12.1. The van der Waals surface area contributed by atoms with Crippen molar-refractivity contribution in [1.29, 1.82) is 0 Å². The van der Waals surface area contributed by atoms with Gasteiger partial charge in [0.05, 0.1) is 0 Å². The normalized spacial score (nSPS) is 10.0. The fourth-order valence-electron chi connectivity index (χ4n) is 1.51.